The highest BCUT2D eigenvalue weighted by Crippen LogP contribution is 2.28. The van der Waals surface area contributed by atoms with Gasteiger partial charge in [-0.2, -0.15) is 0 Å². The second kappa shape index (κ2) is 13.9. The highest BCUT2D eigenvalue weighted by Gasteiger charge is 2.35. The number of hydrogen-bond donors (Lipinski definition) is 3. The summed E-state index contributed by atoms with van der Waals surface area (Å²) >= 11 is 3.57. The minimum Gasteiger partial charge on any atom is -0.338 e. The van der Waals surface area contributed by atoms with E-state index in [1.54, 1.807) is 4.90 Å². The summed E-state index contributed by atoms with van der Waals surface area (Å²) < 4.78 is 1.02. The van der Waals surface area contributed by atoms with Gasteiger partial charge in [-0.1, -0.05) is 46.3 Å². The Kier molecular flexibility index (Phi) is 9.73. The zero-order valence-corrected chi connectivity index (χ0v) is 27.2. The van der Waals surface area contributed by atoms with Gasteiger partial charge in [0, 0.05) is 74.5 Å². The smallest absolute Gasteiger partial charge is 0.322 e. The highest BCUT2D eigenvalue weighted by molar-refractivity contribution is 9.10. The van der Waals surface area contributed by atoms with Gasteiger partial charge in [-0.15, -0.1) is 0 Å². The van der Waals surface area contributed by atoms with Crippen LogP contribution in [-0.2, 0) is 17.8 Å². The van der Waals surface area contributed by atoms with Gasteiger partial charge in [0.25, 0.3) is 0 Å². The van der Waals surface area contributed by atoms with E-state index in [1.807, 2.05) is 53.1 Å². The van der Waals surface area contributed by atoms with Crippen molar-refractivity contribution in [3.05, 3.63) is 63.6 Å². The second-order valence-corrected chi connectivity index (χ2v) is 13.4. The Morgan fingerprint density at radius 3 is 2.39 bits per heavy atom. The lowest BCUT2D eigenvalue weighted by Crippen LogP contribution is -2.59. The normalized spacial score (nSPS) is 21.0. The topological polar surface area (TPSA) is 100 Å². The van der Waals surface area contributed by atoms with Gasteiger partial charge in [0.1, 0.15) is 6.04 Å². The lowest BCUT2D eigenvalue weighted by atomic mass is 10.0. The predicted molar refractivity (Wildman–Crippen MR) is 175 cm³/mol. The second-order valence-electron chi connectivity index (χ2n) is 12.6. The van der Waals surface area contributed by atoms with Gasteiger partial charge >= 0.3 is 12.1 Å². The number of piperidine rings is 2. The number of piperazine rings is 1. The van der Waals surface area contributed by atoms with E-state index in [2.05, 4.69) is 42.8 Å². The van der Waals surface area contributed by atoms with Crippen molar-refractivity contribution in [2.45, 2.75) is 63.7 Å². The number of urea groups is 2. The number of carbonyl (C=O) groups is 3. The average Bonchev–Trinajstić information content (AvgIpc) is 3.06. The summed E-state index contributed by atoms with van der Waals surface area (Å²) in [4.78, 5) is 48.6. The van der Waals surface area contributed by atoms with Gasteiger partial charge in [-0.05, 0) is 74.5 Å². The van der Waals surface area contributed by atoms with Crippen LogP contribution in [-0.4, -0.2) is 108 Å². The molecular formula is C33H44BrN7O3. The zero-order chi connectivity index (χ0) is 30.6. The highest BCUT2D eigenvalue weighted by atomic mass is 79.9. The number of nitrogens with zero attached hydrogens (tertiary/aromatic N) is 4. The van der Waals surface area contributed by atoms with Crippen molar-refractivity contribution in [2.75, 3.05) is 57.7 Å². The van der Waals surface area contributed by atoms with Crippen LogP contribution >= 0.6 is 15.9 Å². The molecule has 1 atom stereocenters. The van der Waals surface area contributed by atoms with Crippen LogP contribution in [0.3, 0.4) is 0 Å². The van der Waals surface area contributed by atoms with Gasteiger partial charge in [-0.25, -0.2) is 9.59 Å². The van der Waals surface area contributed by atoms with Crippen LogP contribution in [0.1, 0.15) is 42.4 Å². The van der Waals surface area contributed by atoms with Gasteiger partial charge in [0.15, 0.2) is 0 Å². The van der Waals surface area contributed by atoms with Crippen LogP contribution in [0.5, 0.6) is 0 Å². The number of benzene rings is 2. The van der Waals surface area contributed by atoms with Crippen molar-refractivity contribution < 1.29 is 14.4 Å². The molecule has 0 aliphatic carbocycles. The van der Waals surface area contributed by atoms with Crippen molar-refractivity contribution in [1.29, 1.82) is 0 Å². The molecule has 4 aliphatic heterocycles. The Hall–Kier alpha value is -3.15. The standard InChI is InChI=1S/C33H44BrN7O3/c1-23-20-24(6-7-28(23)34)21-30(31(42)39-18-16-38(17-19-39)26-8-12-35-13-9-26)37-32(43)40-14-10-27(11-15-40)41-22-25-4-2-3-5-29(25)36-33(41)44/h2-7,20,26-27,30,35H,8-19,21-22H2,1H3,(H,36,44)(H,37,43). The van der Waals surface area contributed by atoms with Gasteiger partial charge in [-0.3, -0.25) is 9.69 Å². The number of likely N-dealkylation sites (tertiary alicyclic amines) is 1. The Bertz CT molecular complexity index is 1350. The number of nitrogens with one attached hydrogen (secondary N) is 3. The molecule has 10 nitrogen and oxygen atoms in total. The van der Waals surface area contributed by atoms with Crippen LogP contribution in [0.2, 0.25) is 0 Å². The number of hydrogen-bond acceptors (Lipinski definition) is 5. The molecule has 3 N–H and O–H groups in total. The quantitative estimate of drug-likeness (QED) is 0.436. The summed E-state index contributed by atoms with van der Waals surface area (Å²) in [6, 6.07) is 13.7. The molecule has 5 amide bonds. The summed E-state index contributed by atoms with van der Waals surface area (Å²) in [6.45, 7) is 8.91. The molecule has 0 saturated carbocycles. The first kappa shape index (κ1) is 30.9. The first-order chi connectivity index (χ1) is 21.4. The van der Waals surface area contributed by atoms with E-state index in [0.29, 0.717) is 58.0 Å². The van der Waals surface area contributed by atoms with E-state index in [4.69, 9.17) is 0 Å². The molecule has 44 heavy (non-hydrogen) atoms. The molecule has 2 aromatic carbocycles. The van der Waals surface area contributed by atoms with E-state index < -0.39 is 6.04 Å². The van der Waals surface area contributed by atoms with Crippen LogP contribution in [0, 0.1) is 6.92 Å². The minimum atomic E-state index is -0.643. The number of aryl methyl sites for hydroxylation is 1. The third-order valence-corrected chi connectivity index (χ3v) is 10.7. The summed E-state index contributed by atoms with van der Waals surface area (Å²) in [5.41, 5.74) is 4.10. The van der Waals surface area contributed by atoms with Crippen molar-refractivity contribution in [1.82, 2.24) is 30.2 Å². The molecule has 4 heterocycles. The van der Waals surface area contributed by atoms with Crippen molar-refractivity contribution >= 4 is 39.6 Å². The summed E-state index contributed by atoms with van der Waals surface area (Å²) in [7, 11) is 0. The van der Waals surface area contributed by atoms with E-state index in [9.17, 15) is 14.4 Å². The maximum Gasteiger partial charge on any atom is 0.322 e. The first-order valence-electron chi connectivity index (χ1n) is 16.1. The summed E-state index contributed by atoms with van der Waals surface area (Å²) in [6.07, 6.45) is 4.15. The SMILES string of the molecule is Cc1cc(CC(NC(=O)N2CCC(N3Cc4ccccc4NC3=O)CC2)C(=O)N2CCN(C3CCNCC3)CC2)ccc1Br. The van der Waals surface area contributed by atoms with Crippen LogP contribution in [0.25, 0.3) is 0 Å². The van der Waals surface area contributed by atoms with Gasteiger partial charge < -0.3 is 30.7 Å². The number of halogens is 1. The lowest BCUT2D eigenvalue weighted by molar-refractivity contribution is -0.135. The van der Waals surface area contributed by atoms with Gasteiger partial charge in [0.05, 0.1) is 0 Å². The Labute approximate surface area is 268 Å². The fourth-order valence-electron chi connectivity index (χ4n) is 7.11. The third-order valence-electron chi connectivity index (χ3n) is 9.76. The van der Waals surface area contributed by atoms with Crippen LogP contribution in [0.15, 0.2) is 46.9 Å². The van der Waals surface area contributed by atoms with Crippen molar-refractivity contribution in [3.8, 4) is 0 Å². The third kappa shape index (κ3) is 7.05. The summed E-state index contributed by atoms with van der Waals surface area (Å²) in [5.74, 6) is -0.0116. The molecule has 11 heteroatoms. The maximum atomic E-state index is 14.0. The molecule has 1 unspecified atom stereocenters. The Morgan fingerprint density at radius 1 is 0.932 bits per heavy atom. The molecule has 0 aromatic heterocycles. The largest absolute Gasteiger partial charge is 0.338 e. The predicted octanol–water partition coefficient (Wildman–Crippen LogP) is 3.79. The van der Waals surface area contributed by atoms with E-state index in [1.165, 1.54) is 0 Å². The molecule has 4 aliphatic rings. The monoisotopic (exact) mass is 665 g/mol. The molecule has 3 saturated heterocycles. The fraction of sp³-hybridized carbons (Fsp3) is 0.545. The number of fused-ring (bicyclic) bond motifs is 1. The molecule has 0 bridgehead atoms. The number of para-hydroxylation sites is 1. The molecule has 236 valence electrons. The molecular weight excluding hydrogens is 622 g/mol. The number of anilines is 1. The molecule has 6 rings (SSSR count). The van der Waals surface area contributed by atoms with E-state index in [0.717, 1.165) is 65.9 Å². The molecule has 0 spiro atoms. The van der Waals surface area contributed by atoms with Crippen LogP contribution < -0.4 is 16.0 Å². The average molecular weight is 667 g/mol. The Balaban J connectivity index is 1.08. The van der Waals surface area contributed by atoms with Gasteiger partial charge in [0.2, 0.25) is 5.91 Å². The fourth-order valence-corrected chi connectivity index (χ4v) is 7.35. The number of amides is 5. The van der Waals surface area contributed by atoms with Crippen molar-refractivity contribution in [2.24, 2.45) is 0 Å². The Morgan fingerprint density at radius 2 is 1.66 bits per heavy atom. The van der Waals surface area contributed by atoms with Crippen molar-refractivity contribution in [3.63, 3.8) is 0 Å². The molecule has 3 fully saturated rings. The number of rotatable bonds is 6. The summed E-state index contributed by atoms with van der Waals surface area (Å²) in [5, 5.41) is 9.57. The minimum absolute atomic E-state index is 0.0116. The molecule has 2 aromatic rings. The zero-order valence-electron chi connectivity index (χ0n) is 25.6. The van der Waals surface area contributed by atoms with E-state index in [-0.39, 0.29) is 24.0 Å². The van der Waals surface area contributed by atoms with Crippen LogP contribution in [0.4, 0.5) is 15.3 Å². The number of carbonyl (C=O) groups excluding carboxylic acids is 3. The molecule has 0 radical (unpaired) electrons. The maximum absolute atomic E-state index is 14.0. The van der Waals surface area contributed by atoms with E-state index >= 15 is 0 Å². The lowest BCUT2D eigenvalue weighted by Gasteiger charge is -2.42. The first-order valence-corrected chi connectivity index (χ1v) is 16.8.